The SMILES string of the molecule is Cc1cccnc1CC(CN)NC(=O)OC(C)(C)C. The van der Waals surface area contributed by atoms with E-state index in [9.17, 15) is 4.79 Å². The van der Waals surface area contributed by atoms with Gasteiger partial charge in [0, 0.05) is 30.9 Å². The Bertz CT molecular complexity index is 427. The molecular formula is C14H23N3O2. The maximum absolute atomic E-state index is 11.7. The lowest BCUT2D eigenvalue weighted by atomic mass is 10.1. The second kappa shape index (κ2) is 6.52. The quantitative estimate of drug-likeness (QED) is 0.870. The van der Waals surface area contributed by atoms with Gasteiger partial charge in [0.05, 0.1) is 0 Å². The zero-order valence-electron chi connectivity index (χ0n) is 12.1. The third-order valence-electron chi connectivity index (χ3n) is 2.56. The largest absolute Gasteiger partial charge is 0.444 e. The Morgan fingerprint density at radius 2 is 2.21 bits per heavy atom. The number of aromatic nitrogens is 1. The van der Waals surface area contributed by atoms with Crippen molar-refractivity contribution in [2.45, 2.75) is 45.8 Å². The van der Waals surface area contributed by atoms with Crippen LogP contribution in [0.2, 0.25) is 0 Å². The third kappa shape index (κ3) is 5.70. The number of pyridine rings is 1. The highest BCUT2D eigenvalue weighted by Gasteiger charge is 2.19. The summed E-state index contributed by atoms with van der Waals surface area (Å²) in [4.78, 5) is 16.0. The van der Waals surface area contributed by atoms with Crippen LogP contribution in [-0.2, 0) is 11.2 Å². The fourth-order valence-corrected chi connectivity index (χ4v) is 1.63. The molecule has 0 fully saturated rings. The van der Waals surface area contributed by atoms with Gasteiger partial charge < -0.3 is 15.8 Å². The van der Waals surface area contributed by atoms with Crippen molar-refractivity contribution in [3.63, 3.8) is 0 Å². The Morgan fingerprint density at radius 3 is 2.74 bits per heavy atom. The molecule has 1 atom stereocenters. The van der Waals surface area contributed by atoms with Crippen LogP contribution in [0.3, 0.4) is 0 Å². The first-order chi connectivity index (χ1) is 8.81. The first-order valence-corrected chi connectivity index (χ1v) is 6.42. The number of hydrogen-bond acceptors (Lipinski definition) is 4. The predicted octanol–water partition coefficient (Wildman–Crippen LogP) is 1.78. The zero-order valence-corrected chi connectivity index (χ0v) is 12.1. The topological polar surface area (TPSA) is 77.2 Å². The van der Waals surface area contributed by atoms with Gasteiger partial charge in [-0.25, -0.2) is 4.79 Å². The number of nitrogens with two attached hydrogens (primary N) is 1. The highest BCUT2D eigenvalue weighted by atomic mass is 16.6. The maximum Gasteiger partial charge on any atom is 0.407 e. The molecule has 0 aliphatic carbocycles. The van der Waals surface area contributed by atoms with Gasteiger partial charge in [-0.15, -0.1) is 0 Å². The molecule has 1 heterocycles. The molecule has 0 aromatic carbocycles. The Balaban J connectivity index is 2.60. The van der Waals surface area contributed by atoms with Gasteiger partial charge in [-0.05, 0) is 39.3 Å². The molecule has 106 valence electrons. The van der Waals surface area contributed by atoms with Crippen molar-refractivity contribution in [3.8, 4) is 0 Å². The van der Waals surface area contributed by atoms with E-state index in [0.717, 1.165) is 11.3 Å². The lowest BCUT2D eigenvalue weighted by Gasteiger charge is -2.23. The van der Waals surface area contributed by atoms with Crippen molar-refractivity contribution >= 4 is 6.09 Å². The average molecular weight is 265 g/mol. The van der Waals surface area contributed by atoms with E-state index in [1.165, 1.54) is 0 Å². The third-order valence-corrected chi connectivity index (χ3v) is 2.56. The Labute approximate surface area is 114 Å². The van der Waals surface area contributed by atoms with E-state index in [2.05, 4.69) is 10.3 Å². The van der Waals surface area contributed by atoms with E-state index in [1.54, 1.807) is 6.20 Å². The highest BCUT2D eigenvalue weighted by molar-refractivity contribution is 5.68. The summed E-state index contributed by atoms with van der Waals surface area (Å²) in [5.41, 5.74) is 7.20. The zero-order chi connectivity index (χ0) is 14.5. The molecule has 0 radical (unpaired) electrons. The van der Waals surface area contributed by atoms with Crippen LogP contribution in [0.15, 0.2) is 18.3 Å². The molecule has 1 amide bonds. The summed E-state index contributed by atoms with van der Waals surface area (Å²) < 4.78 is 5.21. The van der Waals surface area contributed by atoms with Crippen LogP contribution < -0.4 is 11.1 Å². The van der Waals surface area contributed by atoms with Crippen LogP contribution in [0, 0.1) is 6.92 Å². The van der Waals surface area contributed by atoms with Crippen molar-refractivity contribution < 1.29 is 9.53 Å². The molecule has 0 saturated carbocycles. The predicted molar refractivity (Wildman–Crippen MR) is 74.9 cm³/mol. The lowest BCUT2D eigenvalue weighted by Crippen LogP contribution is -2.44. The minimum atomic E-state index is -0.510. The first-order valence-electron chi connectivity index (χ1n) is 6.42. The van der Waals surface area contributed by atoms with Gasteiger partial charge in [-0.2, -0.15) is 0 Å². The number of nitrogens with zero attached hydrogens (tertiary/aromatic N) is 1. The van der Waals surface area contributed by atoms with Crippen LogP contribution in [0.25, 0.3) is 0 Å². The van der Waals surface area contributed by atoms with E-state index in [4.69, 9.17) is 10.5 Å². The van der Waals surface area contributed by atoms with E-state index in [1.807, 2.05) is 39.8 Å². The highest BCUT2D eigenvalue weighted by Crippen LogP contribution is 2.09. The summed E-state index contributed by atoms with van der Waals surface area (Å²) in [6.45, 7) is 7.81. The summed E-state index contributed by atoms with van der Waals surface area (Å²) in [6.07, 6.45) is 1.89. The number of amides is 1. The minimum Gasteiger partial charge on any atom is -0.444 e. The summed E-state index contributed by atoms with van der Waals surface area (Å²) in [5.74, 6) is 0. The summed E-state index contributed by atoms with van der Waals surface area (Å²) >= 11 is 0. The first kappa shape index (κ1) is 15.4. The average Bonchev–Trinajstić information content (AvgIpc) is 2.28. The molecule has 0 bridgehead atoms. The van der Waals surface area contributed by atoms with Gasteiger partial charge in [-0.1, -0.05) is 6.07 Å². The summed E-state index contributed by atoms with van der Waals surface area (Å²) in [6, 6.07) is 3.70. The molecule has 0 aliphatic rings. The van der Waals surface area contributed by atoms with E-state index in [-0.39, 0.29) is 6.04 Å². The number of aryl methyl sites for hydroxylation is 1. The number of hydrogen-bond donors (Lipinski definition) is 2. The molecule has 1 aromatic rings. The second-order valence-corrected chi connectivity index (χ2v) is 5.55. The number of nitrogens with one attached hydrogen (secondary N) is 1. The monoisotopic (exact) mass is 265 g/mol. The van der Waals surface area contributed by atoms with Crippen molar-refractivity contribution in [2.24, 2.45) is 5.73 Å². The second-order valence-electron chi connectivity index (χ2n) is 5.55. The molecule has 1 rings (SSSR count). The molecule has 5 nitrogen and oxygen atoms in total. The molecule has 1 aromatic heterocycles. The molecular weight excluding hydrogens is 242 g/mol. The number of rotatable bonds is 4. The molecule has 0 spiro atoms. The van der Waals surface area contributed by atoms with Gasteiger partial charge in [0.25, 0.3) is 0 Å². The lowest BCUT2D eigenvalue weighted by molar-refractivity contribution is 0.0505. The van der Waals surface area contributed by atoms with Crippen LogP contribution in [0.5, 0.6) is 0 Å². The van der Waals surface area contributed by atoms with Gasteiger partial charge >= 0.3 is 6.09 Å². The maximum atomic E-state index is 11.7. The number of carbonyl (C=O) groups is 1. The molecule has 1 unspecified atom stereocenters. The normalized spacial score (nSPS) is 12.9. The van der Waals surface area contributed by atoms with E-state index >= 15 is 0 Å². The van der Waals surface area contributed by atoms with E-state index in [0.29, 0.717) is 13.0 Å². The molecule has 3 N–H and O–H groups in total. The summed E-state index contributed by atoms with van der Waals surface area (Å²) in [7, 11) is 0. The fourth-order valence-electron chi connectivity index (χ4n) is 1.63. The van der Waals surface area contributed by atoms with Crippen molar-refractivity contribution in [1.82, 2.24) is 10.3 Å². The fraction of sp³-hybridized carbons (Fsp3) is 0.571. The summed E-state index contributed by atoms with van der Waals surface area (Å²) in [5, 5.41) is 2.77. The number of alkyl carbamates (subject to hydrolysis) is 1. The minimum absolute atomic E-state index is 0.177. The Hall–Kier alpha value is -1.62. The van der Waals surface area contributed by atoms with Crippen molar-refractivity contribution in [1.29, 1.82) is 0 Å². The van der Waals surface area contributed by atoms with Crippen LogP contribution in [0.1, 0.15) is 32.0 Å². The van der Waals surface area contributed by atoms with Crippen LogP contribution in [0.4, 0.5) is 4.79 Å². The van der Waals surface area contributed by atoms with Gasteiger partial charge in [-0.3, -0.25) is 4.98 Å². The van der Waals surface area contributed by atoms with Gasteiger partial charge in [0.15, 0.2) is 0 Å². The van der Waals surface area contributed by atoms with Crippen molar-refractivity contribution in [3.05, 3.63) is 29.6 Å². The molecule has 0 saturated heterocycles. The smallest absolute Gasteiger partial charge is 0.407 e. The number of ether oxygens (including phenoxy) is 1. The van der Waals surface area contributed by atoms with E-state index < -0.39 is 11.7 Å². The molecule has 5 heteroatoms. The molecule has 19 heavy (non-hydrogen) atoms. The molecule has 0 aliphatic heterocycles. The Morgan fingerprint density at radius 1 is 1.53 bits per heavy atom. The van der Waals surface area contributed by atoms with Gasteiger partial charge in [0.2, 0.25) is 0 Å². The standard InChI is InChI=1S/C14H23N3O2/c1-10-6-5-7-16-12(10)8-11(9-15)17-13(18)19-14(2,3)4/h5-7,11H,8-9,15H2,1-4H3,(H,17,18). The van der Waals surface area contributed by atoms with Crippen LogP contribution >= 0.6 is 0 Å². The van der Waals surface area contributed by atoms with Crippen molar-refractivity contribution in [2.75, 3.05) is 6.54 Å². The van der Waals surface area contributed by atoms with Gasteiger partial charge in [0.1, 0.15) is 5.60 Å². The Kier molecular flexibility index (Phi) is 5.30. The van der Waals surface area contributed by atoms with Crippen LogP contribution in [-0.4, -0.2) is 29.3 Å². The number of carbonyl (C=O) groups excluding carboxylic acids is 1.